The van der Waals surface area contributed by atoms with Crippen molar-refractivity contribution >= 4 is 44.9 Å². The Kier molecular flexibility index (Phi) is 6.16. The van der Waals surface area contributed by atoms with E-state index in [1.807, 2.05) is 26.2 Å². The Bertz CT molecular complexity index is 228. The molecule has 0 rings (SSSR count). The minimum Gasteiger partial charge on any atom is -0.437 e. The molecule has 0 bridgehead atoms. The minimum absolute atomic E-state index is 0.725. The second-order valence-corrected chi connectivity index (χ2v) is 20.7. The Morgan fingerprint density at radius 1 is 0.812 bits per heavy atom. The molecule has 0 atom stereocenters. The average molecular weight is 316 g/mol. The Morgan fingerprint density at radius 3 is 1.56 bits per heavy atom. The van der Waals surface area contributed by atoms with Gasteiger partial charge in [-0.05, 0) is 52.4 Å². The minimum atomic E-state index is -2.16. The van der Waals surface area contributed by atoms with Crippen LogP contribution >= 0.6 is 11.1 Å². The number of halogens is 1. The zero-order valence-corrected chi connectivity index (χ0v) is 16.4. The first-order chi connectivity index (χ1) is 6.83. The summed E-state index contributed by atoms with van der Waals surface area (Å²) < 4.78 is 18.0. The van der Waals surface area contributed by atoms with E-state index in [-0.39, 0.29) is 0 Å². The van der Waals surface area contributed by atoms with Crippen molar-refractivity contribution in [1.82, 2.24) is 0 Å². The maximum absolute atomic E-state index is 6.20. The normalized spacial score (nSPS) is 14.6. The fourth-order valence-electron chi connectivity index (χ4n) is 1.71. The van der Waals surface area contributed by atoms with Crippen molar-refractivity contribution in [3.8, 4) is 0 Å². The Labute approximate surface area is 110 Å². The number of hydrogen-bond donors (Lipinski definition) is 0. The third-order valence-corrected chi connectivity index (χ3v) is 13.6. The lowest BCUT2D eigenvalue weighted by Gasteiger charge is -2.36. The lowest BCUT2D eigenvalue weighted by atomic mass is 11.9. The predicted molar refractivity (Wildman–Crippen MR) is 79.0 cm³/mol. The summed E-state index contributed by atoms with van der Waals surface area (Å²) in [6.45, 7) is 16.4. The van der Waals surface area contributed by atoms with E-state index in [1.54, 1.807) is 0 Å². The van der Waals surface area contributed by atoms with Gasteiger partial charge in [-0.2, -0.15) is 0 Å². The fraction of sp³-hybridized carbons (Fsp3) is 1.00. The lowest BCUT2D eigenvalue weighted by molar-refractivity contribution is 0.338. The molecule has 1 radical (unpaired) electrons. The molecule has 0 unspecified atom stereocenters. The van der Waals surface area contributed by atoms with Gasteiger partial charge < -0.3 is 12.3 Å². The van der Waals surface area contributed by atoms with E-state index in [2.05, 4.69) is 26.2 Å². The first kappa shape index (κ1) is 17.0. The second-order valence-electron chi connectivity index (χ2n) is 5.38. The Balaban J connectivity index is 4.45. The van der Waals surface area contributed by atoms with Crippen LogP contribution in [0.1, 0.15) is 0 Å². The number of rotatable bonds is 6. The summed E-state index contributed by atoms with van der Waals surface area (Å²) in [4.78, 5) is 0. The Morgan fingerprint density at radius 2 is 1.25 bits per heavy atom. The van der Waals surface area contributed by atoms with Crippen LogP contribution in [0.15, 0.2) is 0 Å². The van der Waals surface area contributed by atoms with Crippen molar-refractivity contribution in [1.29, 1.82) is 0 Å². The maximum atomic E-state index is 6.20. The first-order valence-corrected chi connectivity index (χ1v) is 17.4. The molecule has 97 valence electrons. The van der Waals surface area contributed by atoms with Gasteiger partial charge in [-0.15, -0.1) is 11.1 Å². The third kappa shape index (κ3) is 9.11. The van der Waals surface area contributed by atoms with E-state index in [9.17, 15) is 0 Å². The van der Waals surface area contributed by atoms with Gasteiger partial charge >= 0.3 is 17.1 Å². The van der Waals surface area contributed by atoms with Crippen LogP contribution in [-0.4, -0.2) is 33.8 Å². The fourth-order valence-corrected chi connectivity index (χ4v) is 17.8. The summed E-state index contributed by atoms with van der Waals surface area (Å²) in [6.07, 6.45) is 0. The molecule has 0 aromatic heterocycles. The van der Waals surface area contributed by atoms with E-state index in [4.69, 9.17) is 23.4 Å². The Hall–Kier alpha value is 1.04. The van der Waals surface area contributed by atoms with Gasteiger partial charge in [-0.1, -0.05) is 0 Å². The maximum Gasteiger partial charge on any atom is 0.313 e. The molecule has 3 nitrogen and oxygen atoms in total. The van der Waals surface area contributed by atoms with Gasteiger partial charge in [0, 0.05) is 0 Å². The zero-order chi connectivity index (χ0) is 13.2. The SMILES string of the molecule is C[Si](C)O[Si](C)(C)O[Si](C)(C)O[Si](C)(C)Cl. The highest BCUT2D eigenvalue weighted by Crippen LogP contribution is 2.23. The van der Waals surface area contributed by atoms with Crippen LogP contribution in [0.3, 0.4) is 0 Å². The quantitative estimate of drug-likeness (QED) is 0.553. The summed E-state index contributed by atoms with van der Waals surface area (Å²) in [5, 5.41) is 0. The van der Waals surface area contributed by atoms with Crippen LogP contribution in [0, 0.1) is 0 Å². The highest BCUT2D eigenvalue weighted by atomic mass is 35.6. The summed E-state index contributed by atoms with van der Waals surface area (Å²) in [7, 11) is -6.99. The van der Waals surface area contributed by atoms with Crippen molar-refractivity contribution < 1.29 is 12.3 Å². The van der Waals surface area contributed by atoms with Crippen LogP contribution in [0.25, 0.3) is 0 Å². The van der Waals surface area contributed by atoms with Crippen LogP contribution in [0.5, 0.6) is 0 Å². The molecule has 0 aromatic rings. The van der Waals surface area contributed by atoms with Crippen LogP contribution in [0.2, 0.25) is 52.4 Å². The van der Waals surface area contributed by atoms with E-state index in [0.717, 1.165) is 0 Å². The monoisotopic (exact) mass is 315 g/mol. The molecule has 0 amide bonds. The van der Waals surface area contributed by atoms with E-state index in [1.165, 1.54) is 0 Å². The predicted octanol–water partition coefficient (Wildman–Crippen LogP) is 3.63. The number of hydrogen-bond acceptors (Lipinski definition) is 3. The summed E-state index contributed by atoms with van der Waals surface area (Å²) in [5.41, 5.74) is 0. The van der Waals surface area contributed by atoms with Crippen molar-refractivity contribution in [2.45, 2.75) is 52.4 Å². The molecular formula is C8H24ClO3Si4. The highest BCUT2D eigenvalue weighted by molar-refractivity contribution is 7.17. The smallest absolute Gasteiger partial charge is 0.313 e. The molecule has 16 heavy (non-hydrogen) atoms. The second kappa shape index (κ2) is 5.79. The molecule has 8 heteroatoms. The molecule has 0 heterocycles. The summed E-state index contributed by atoms with van der Waals surface area (Å²) in [5.74, 6) is 0. The van der Waals surface area contributed by atoms with E-state index >= 15 is 0 Å². The van der Waals surface area contributed by atoms with Crippen molar-refractivity contribution in [3.63, 3.8) is 0 Å². The van der Waals surface area contributed by atoms with Crippen molar-refractivity contribution in [3.05, 3.63) is 0 Å². The van der Waals surface area contributed by atoms with Gasteiger partial charge in [0.2, 0.25) is 0 Å². The van der Waals surface area contributed by atoms with Crippen LogP contribution in [-0.2, 0) is 12.3 Å². The molecule has 0 aliphatic rings. The van der Waals surface area contributed by atoms with Gasteiger partial charge in [-0.25, -0.2) is 0 Å². The molecule has 0 N–H and O–H groups in total. The molecule has 0 aromatic carbocycles. The first-order valence-electron chi connectivity index (χ1n) is 5.41. The van der Waals surface area contributed by atoms with Gasteiger partial charge in [0.15, 0.2) is 9.04 Å². The molecule has 0 aliphatic heterocycles. The summed E-state index contributed by atoms with van der Waals surface area (Å²) >= 11 is 6.20. The van der Waals surface area contributed by atoms with Gasteiger partial charge in [-0.3, -0.25) is 0 Å². The molecule has 0 spiro atoms. The average Bonchev–Trinajstić information content (AvgIpc) is 1.69. The molecular weight excluding hydrogens is 292 g/mol. The van der Waals surface area contributed by atoms with Crippen molar-refractivity contribution in [2.75, 3.05) is 0 Å². The molecule has 0 saturated carbocycles. The topological polar surface area (TPSA) is 27.7 Å². The van der Waals surface area contributed by atoms with Crippen molar-refractivity contribution in [2.24, 2.45) is 0 Å². The van der Waals surface area contributed by atoms with Gasteiger partial charge in [0.25, 0.3) is 7.63 Å². The van der Waals surface area contributed by atoms with Crippen LogP contribution < -0.4 is 0 Å². The van der Waals surface area contributed by atoms with Gasteiger partial charge in [0.05, 0.1) is 0 Å². The zero-order valence-electron chi connectivity index (χ0n) is 11.6. The largest absolute Gasteiger partial charge is 0.437 e. The molecule has 0 saturated heterocycles. The third-order valence-electron chi connectivity index (χ3n) is 1.43. The van der Waals surface area contributed by atoms with Crippen LogP contribution in [0.4, 0.5) is 0 Å². The van der Waals surface area contributed by atoms with E-state index in [0.29, 0.717) is 0 Å². The lowest BCUT2D eigenvalue weighted by Crippen LogP contribution is -2.53. The highest BCUT2D eigenvalue weighted by Gasteiger charge is 2.40. The van der Waals surface area contributed by atoms with Gasteiger partial charge in [0.1, 0.15) is 0 Å². The molecule has 0 aliphatic carbocycles. The standard InChI is InChI=1S/C8H24ClO3Si4/c1-13(2)10-15(5,6)12-16(7,8)11-14(3,4)9/h1-8H3. The summed E-state index contributed by atoms with van der Waals surface area (Å²) in [6, 6.07) is 0. The van der Waals surface area contributed by atoms with E-state index < -0.39 is 33.8 Å². The molecule has 0 fully saturated rings.